The largest absolute Gasteiger partial charge is 0.480 e. The molecule has 2 aromatic rings. The third-order valence-electron chi connectivity index (χ3n) is 2.32. The molecule has 0 unspecified atom stereocenters. The summed E-state index contributed by atoms with van der Waals surface area (Å²) in [6.45, 7) is 3.55. The Bertz CT molecular complexity index is 486. The maximum absolute atomic E-state index is 10.0. The first-order chi connectivity index (χ1) is 9.02. The topological polar surface area (TPSA) is 89.1 Å². The van der Waals surface area contributed by atoms with Gasteiger partial charge in [-0.25, -0.2) is 4.98 Å². The average molecular weight is 279 g/mol. The highest BCUT2D eigenvalue weighted by Gasteiger charge is 2.14. The van der Waals surface area contributed by atoms with Gasteiger partial charge >= 0.3 is 5.97 Å². The SMILES string of the molecule is CC(C)[C@H](N)C(=O)O.c1ccc(-c2nccs2)nc1. The van der Waals surface area contributed by atoms with E-state index < -0.39 is 12.0 Å². The summed E-state index contributed by atoms with van der Waals surface area (Å²) in [4.78, 5) is 18.3. The Kier molecular flexibility index (Phi) is 6.11. The molecule has 5 nitrogen and oxygen atoms in total. The van der Waals surface area contributed by atoms with E-state index >= 15 is 0 Å². The molecule has 0 saturated carbocycles. The number of hydrogen-bond acceptors (Lipinski definition) is 5. The van der Waals surface area contributed by atoms with Gasteiger partial charge in [-0.15, -0.1) is 11.3 Å². The molecule has 102 valence electrons. The Balaban J connectivity index is 0.000000203. The summed E-state index contributed by atoms with van der Waals surface area (Å²) in [5.41, 5.74) is 6.11. The van der Waals surface area contributed by atoms with Crippen LogP contribution in [0.25, 0.3) is 10.7 Å². The molecule has 2 heterocycles. The highest BCUT2D eigenvalue weighted by Crippen LogP contribution is 2.17. The van der Waals surface area contributed by atoms with Gasteiger partial charge in [0.1, 0.15) is 11.0 Å². The molecule has 0 saturated heterocycles. The molecular weight excluding hydrogens is 262 g/mol. The average Bonchev–Trinajstić information content (AvgIpc) is 2.93. The van der Waals surface area contributed by atoms with Crippen molar-refractivity contribution < 1.29 is 9.90 Å². The fraction of sp³-hybridized carbons (Fsp3) is 0.308. The second-order valence-corrected chi connectivity index (χ2v) is 5.05. The summed E-state index contributed by atoms with van der Waals surface area (Å²) < 4.78 is 0. The Morgan fingerprint density at radius 3 is 2.42 bits per heavy atom. The molecule has 0 radical (unpaired) electrons. The molecule has 0 fully saturated rings. The van der Waals surface area contributed by atoms with Crippen LogP contribution in [-0.2, 0) is 4.79 Å². The van der Waals surface area contributed by atoms with Crippen molar-refractivity contribution in [2.75, 3.05) is 0 Å². The van der Waals surface area contributed by atoms with Gasteiger partial charge in [-0.3, -0.25) is 9.78 Å². The summed E-state index contributed by atoms with van der Waals surface area (Å²) in [7, 11) is 0. The first kappa shape index (κ1) is 15.3. The van der Waals surface area contributed by atoms with E-state index in [-0.39, 0.29) is 5.92 Å². The molecule has 0 aliphatic rings. The van der Waals surface area contributed by atoms with Gasteiger partial charge in [-0.05, 0) is 18.1 Å². The Labute approximate surface area is 116 Å². The van der Waals surface area contributed by atoms with Crippen LogP contribution < -0.4 is 5.73 Å². The number of nitrogens with two attached hydrogens (primary N) is 1. The number of carboxylic acid groups (broad SMARTS) is 1. The fourth-order valence-electron chi connectivity index (χ4n) is 1.12. The lowest BCUT2D eigenvalue weighted by Crippen LogP contribution is -2.34. The quantitative estimate of drug-likeness (QED) is 0.899. The van der Waals surface area contributed by atoms with Gasteiger partial charge in [-0.2, -0.15) is 0 Å². The zero-order valence-corrected chi connectivity index (χ0v) is 11.7. The fourth-order valence-corrected chi connectivity index (χ4v) is 1.74. The van der Waals surface area contributed by atoms with E-state index in [0.717, 1.165) is 10.7 Å². The number of thiazole rings is 1. The first-order valence-electron chi connectivity index (χ1n) is 5.81. The van der Waals surface area contributed by atoms with Crippen molar-refractivity contribution in [3.05, 3.63) is 36.0 Å². The van der Waals surface area contributed by atoms with Crippen LogP contribution in [0.3, 0.4) is 0 Å². The second-order valence-electron chi connectivity index (χ2n) is 4.16. The number of carboxylic acids is 1. The van der Waals surface area contributed by atoms with Gasteiger partial charge < -0.3 is 10.8 Å². The normalized spacial score (nSPS) is 11.6. The lowest BCUT2D eigenvalue weighted by atomic mass is 10.1. The molecule has 3 N–H and O–H groups in total. The van der Waals surface area contributed by atoms with Crippen LogP contribution in [0.1, 0.15) is 13.8 Å². The summed E-state index contributed by atoms with van der Waals surface area (Å²) in [5, 5.41) is 11.2. The Morgan fingerprint density at radius 2 is 2.05 bits per heavy atom. The van der Waals surface area contributed by atoms with Gasteiger partial charge in [0.25, 0.3) is 0 Å². The van der Waals surface area contributed by atoms with Crippen molar-refractivity contribution in [2.24, 2.45) is 11.7 Å². The molecule has 0 bridgehead atoms. The Hall–Kier alpha value is -1.79. The van der Waals surface area contributed by atoms with Crippen LogP contribution in [0.2, 0.25) is 0 Å². The molecule has 0 amide bonds. The van der Waals surface area contributed by atoms with Gasteiger partial charge in [0.15, 0.2) is 0 Å². The molecule has 2 rings (SSSR count). The van der Waals surface area contributed by atoms with Gasteiger partial charge in [0, 0.05) is 17.8 Å². The molecule has 2 aromatic heterocycles. The number of hydrogen-bond donors (Lipinski definition) is 2. The van der Waals surface area contributed by atoms with Crippen LogP contribution in [0.4, 0.5) is 0 Å². The van der Waals surface area contributed by atoms with E-state index in [0.29, 0.717) is 0 Å². The third kappa shape index (κ3) is 5.15. The van der Waals surface area contributed by atoms with E-state index in [1.54, 1.807) is 37.6 Å². The van der Waals surface area contributed by atoms with Gasteiger partial charge in [-0.1, -0.05) is 19.9 Å². The Morgan fingerprint density at radius 1 is 1.32 bits per heavy atom. The zero-order valence-electron chi connectivity index (χ0n) is 10.9. The molecule has 6 heteroatoms. The number of rotatable bonds is 3. The highest BCUT2D eigenvalue weighted by molar-refractivity contribution is 7.13. The van der Waals surface area contributed by atoms with Crippen LogP contribution in [0.15, 0.2) is 36.0 Å². The molecule has 0 aliphatic carbocycles. The third-order valence-corrected chi connectivity index (χ3v) is 3.12. The lowest BCUT2D eigenvalue weighted by Gasteiger charge is -2.07. The van der Waals surface area contributed by atoms with Crippen LogP contribution >= 0.6 is 11.3 Å². The van der Waals surface area contributed by atoms with E-state index in [1.165, 1.54) is 0 Å². The number of aliphatic carboxylic acids is 1. The smallest absolute Gasteiger partial charge is 0.320 e. The first-order valence-corrected chi connectivity index (χ1v) is 6.69. The standard InChI is InChI=1S/C8H6N2S.C5H11NO2/c1-2-4-9-7(3-1)8-10-5-6-11-8;1-3(2)4(6)5(7)8/h1-6H;3-4H,6H2,1-2H3,(H,7,8)/t;4-/m.0/s1. The van der Waals surface area contributed by atoms with Crippen LogP contribution in [0, 0.1) is 5.92 Å². The number of carbonyl (C=O) groups is 1. The summed E-state index contributed by atoms with van der Waals surface area (Å²) in [6, 6.07) is 5.11. The number of aromatic nitrogens is 2. The van der Waals surface area contributed by atoms with E-state index in [9.17, 15) is 4.79 Å². The predicted octanol–water partition coefficient (Wildman–Crippen LogP) is 2.26. The highest BCUT2D eigenvalue weighted by atomic mass is 32.1. The van der Waals surface area contributed by atoms with Crippen molar-refractivity contribution in [1.82, 2.24) is 9.97 Å². The van der Waals surface area contributed by atoms with E-state index in [2.05, 4.69) is 9.97 Å². The van der Waals surface area contributed by atoms with Crippen LogP contribution in [-0.4, -0.2) is 27.1 Å². The molecule has 19 heavy (non-hydrogen) atoms. The van der Waals surface area contributed by atoms with Gasteiger partial charge in [0.2, 0.25) is 0 Å². The zero-order chi connectivity index (χ0) is 14.3. The van der Waals surface area contributed by atoms with Crippen molar-refractivity contribution in [3.8, 4) is 10.7 Å². The van der Waals surface area contributed by atoms with E-state index in [1.807, 2.05) is 23.6 Å². The number of nitrogens with zero attached hydrogens (tertiary/aromatic N) is 2. The minimum Gasteiger partial charge on any atom is -0.480 e. The lowest BCUT2D eigenvalue weighted by molar-refractivity contribution is -0.139. The molecular formula is C13H17N3O2S. The van der Waals surface area contributed by atoms with Crippen molar-refractivity contribution >= 4 is 17.3 Å². The minimum atomic E-state index is -0.931. The summed E-state index contributed by atoms with van der Waals surface area (Å²) in [6.07, 6.45) is 3.56. The van der Waals surface area contributed by atoms with Crippen LogP contribution in [0.5, 0.6) is 0 Å². The second kappa shape index (κ2) is 7.60. The van der Waals surface area contributed by atoms with E-state index in [4.69, 9.17) is 10.8 Å². The molecule has 0 spiro atoms. The van der Waals surface area contributed by atoms with Crippen molar-refractivity contribution in [2.45, 2.75) is 19.9 Å². The molecule has 1 atom stereocenters. The minimum absolute atomic E-state index is 0.0208. The maximum atomic E-state index is 10.0. The maximum Gasteiger partial charge on any atom is 0.320 e. The van der Waals surface area contributed by atoms with Gasteiger partial charge in [0.05, 0.1) is 5.69 Å². The number of pyridine rings is 1. The predicted molar refractivity (Wildman–Crippen MR) is 75.8 cm³/mol. The summed E-state index contributed by atoms with van der Waals surface area (Å²) in [5.74, 6) is -0.910. The van der Waals surface area contributed by atoms with Crippen molar-refractivity contribution in [3.63, 3.8) is 0 Å². The summed E-state index contributed by atoms with van der Waals surface area (Å²) >= 11 is 1.60. The monoisotopic (exact) mass is 279 g/mol. The molecule has 0 aromatic carbocycles. The van der Waals surface area contributed by atoms with Crippen molar-refractivity contribution in [1.29, 1.82) is 0 Å². The molecule has 0 aliphatic heterocycles.